The first kappa shape index (κ1) is 26.4. The summed E-state index contributed by atoms with van der Waals surface area (Å²) in [5.74, 6) is 2.65. The van der Waals surface area contributed by atoms with E-state index in [0.29, 0.717) is 17.5 Å². The van der Waals surface area contributed by atoms with Crippen LogP contribution >= 0.6 is 11.8 Å². The van der Waals surface area contributed by atoms with Gasteiger partial charge in [-0.1, -0.05) is 92.3 Å². The minimum absolute atomic E-state index is 0.186. The van der Waals surface area contributed by atoms with E-state index in [-0.39, 0.29) is 10.8 Å². The molecule has 32 heavy (non-hydrogen) atoms. The summed E-state index contributed by atoms with van der Waals surface area (Å²) >= 11 is 1.70. The third kappa shape index (κ3) is 7.95. The number of anilines is 2. The standard InChI is InChI=1S/C26H42N4OS/c1-9-10-11-12-13-14-15-32-24-28-18(2)27-23(30-24)29-19-16-20(25(3,4)5)22(31)21(17-19)26(6,7)8/h16-17,31H,9-15H2,1-8H3,(H,27,28,29,30). The normalized spacial score (nSPS) is 12.2. The van der Waals surface area contributed by atoms with Crippen LogP contribution < -0.4 is 5.32 Å². The van der Waals surface area contributed by atoms with Crippen molar-refractivity contribution >= 4 is 23.4 Å². The van der Waals surface area contributed by atoms with Crippen LogP contribution in [0.1, 0.15) is 104 Å². The van der Waals surface area contributed by atoms with E-state index in [2.05, 4.69) is 68.7 Å². The summed E-state index contributed by atoms with van der Waals surface area (Å²) in [6, 6.07) is 4.01. The highest BCUT2D eigenvalue weighted by Crippen LogP contribution is 2.41. The molecule has 0 fully saturated rings. The van der Waals surface area contributed by atoms with Crippen molar-refractivity contribution in [2.75, 3.05) is 11.1 Å². The van der Waals surface area contributed by atoms with Gasteiger partial charge in [-0.15, -0.1) is 0 Å². The van der Waals surface area contributed by atoms with E-state index in [0.717, 1.165) is 27.7 Å². The lowest BCUT2D eigenvalue weighted by Crippen LogP contribution is -2.18. The number of unbranched alkanes of at least 4 members (excludes halogenated alkanes) is 5. The Morgan fingerprint density at radius 3 is 1.97 bits per heavy atom. The van der Waals surface area contributed by atoms with Crippen LogP contribution in [-0.4, -0.2) is 25.8 Å². The van der Waals surface area contributed by atoms with Gasteiger partial charge < -0.3 is 10.4 Å². The van der Waals surface area contributed by atoms with E-state index >= 15 is 0 Å². The van der Waals surface area contributed by atoms with Gasteiger partial charge in [-0.05, 0) is 36.3 Å². The third-order valence-corrected chi connectivity index (χ3v) is 6.37. The fourth-order valence-corrected chi connectivity index (χ4v) is 4.48. The maximum atomic E-state index is 11.0. The summed E-state index contributed by atoms with van der Waals surface area (Å²) in [4.78, 5) is 13.7. The fraction of sp³-hybridized carbons (Fsp3) is 0.654. The molecule has 0 amide bonds. The van der Waals surface area contributed by atoms with Crippen molar-refractivity contribution in [2.24, 2.45) is 0 Å². The number of hydrogen-bond acceptors (Lipinski definition) is 6. The predicted octanol–water partition coefficient (Wildman–Crippen LogP) is 7.68. The summed E-state index contributed by atoms with van der Waals surface area (Å²) < 4.78 is 0. The van der Waals surface area contributed by atoms with Crippen LogP contribution in [0.3, 0.4) is 0 Å². The van der Waals surface area contributed by atoms with Crippen LogP contribution in [0.25, 0.3) is 0 Å². The number of phenolic OH excluding ortho intramolecular Hbond substituents is 1. The summed E-state index contributed by atoms with van der Waals surface area (Å²) in [5.41, 5.74) is 2.34. The molecule has 1 aromatic heterocycles. The summed E-state index contributed by atoms with van der Waals surface area (Å²) in [5, 5.41) is 15.1. The van der Waals surface area contributed by atoms with Crippen LogP contribution in [0.4, 0.5) is 11.6 Å². The molecule has 5 nitrogen and oxygen atoms in total. The maximum absolute atomic E-state index is 11.0. The first-order chi connectivity index (χ1) is 14.9. The number of phenols is 1. The lowest BCUT2D eigenvalue weighted by molar-refractivity contribution is 0.423. The molecule has 1 heterocycles. The quantitative estimate of drug-likeness (QED) is 0.216. The number of hydrogen-bond donors (Lipinski definition) is 2. The van der Waals surface area contributed by atoms with Gasteiger partial charge in [-0.3, -0.25) is 0 Å². The highest BCUT2D eigenvalue weighted by atomic mass is 32.2. The highest BCUT2D eigenvalue weighted by molar-refractivity contribution is 7.99. The Bertz CT molecular complexity index is 849. The number of nitrogens with one attached hydrogen (secondary N) is 1. The van der Waals surface area contributed by atoms with Crippen molar-refractivity contribution in [1.29, 1.82) is 0 Å². The van der Waals surface area contributed by atoms with Crippen molar-refractivity contribution in [2.45, 2.75) is 110 Å². The second-order valence-electron chi connectivity index (χ2n) is 10.7. The summed E-state index contributed by atoms with van der Waals surface area (Å²) in [6.07, 6.45) is 7.71. The van der Waals surface area contributed by atoms with Gasteiger partial charge >= 0.3 is 0 Å². The molecule has 0 spiro atoms. The minimum Gasteiger partial charge on any atom is -0.507 e. The molecule has 6 heteroatoms. The minimum atomic E-state index is -0.186. The molecule has 2 N–H and O–H groups in total. The smallest absolute Gasteiger partial charge is 0.231 e. The monoisotopic (exact) mass is 458 g/mol. The van der Waals surface area contributed by atoms with Gasteiger partial charge in [0.05, 0.1) is 0 Å². The van der Waals surface area contributed by atoms with E-state index in [4.69, 9.17) is 0 Å². The van der Waals surface area contributed by atoms with Crippen LogP contribution in [0.15, 0.2) is 17.3 Å². The average Bonchev–Trinajstić information content (AvgIpc) is 2.66. The van der Waals surface area contributed by atoms with Crippen molar-refractivity contribution < 1.29 is 5.11 Å². The Labute approximate surface area is 199 Å². The zero-order chi connectivity index (χ0) is 23.9. The molecule has 0 aliphatic heterocycles. The Kier molecular flexibility index (Phi) is 9.38. The number of aromatic nitrogens is 3. The number of aryl methyl sites for hydroxylation is 1. The first-order valence-electron chi connectivity index (χ1n) is 11.9. The Morgan fingerprint density at radius 2 is 1.41 bits per heavy atom. The van der Waals surface area contributed by atoms with E-state index in [1.165, 1.54) is 38.5 Å². The summed E-state index contributed by atoms with van der Waals surface area (Å²) in [7, 11) is 0. The molecule has 178 valence electrons. The SMILES string of the molecule is CCCCCCCCSc1nc(C)nc(Nc2cc(C(C)(C)C)c(O)c(C(C)(C)C)c2)n1. The third-order valence-electron chi connectivity index (χ3n) is 5.44. The molecule has 0 aliphatic carbocycles. The molecular formula is C26H42N4OS. The van der Waals surface area contributed by atoms with Gasteiger partial charge in [-0.2, -0.15) is 9.97 Å². The highest BCUT2D eigenvalue weighted by Gasteiger charge is 2.26. The van der Waals surface area contributed by atoms with Gasteiger partial charge in [-0.25, -0.2) is 4.98 Å². The average molecular weight is 459 g/mol. The van der Waals surface area contributed by atoms with Crippen molar-refractivity contribution in [3.8, 4) is 5.75 Å². The van der Waals surface area contributed by atoms with Crippen LogP contribution in [0.5, 0.6) is 5.75 Å². The Hall–Kier alpha value is -1.82. The van der Waals surface area contributed by atoms with E-state index in [1.807, 2.05) is 19.1 Å². The first-order valence-corrected chi connectivity index (χ1v) is 12.9. The van der Waals surface area contributed by atoms with E-state index < -0.39 is 0 Å². The number of thioether (sulfide) groups is 1. The number of rotatable bonds is 10. The summed E-state index contributed by atoms with van der Waals surface area (Å²) in [6.45, 7) is 16.8. The molecule has 2 aromatic rings. The van der Waals surface area contributed by atoms with Crippen LogP contribution in [0.2, 0.25) is 0 Å². The lowest BCUT2D eigenvalue weighted by atomic mass is 9.79. The molecule has 0 unspecified atom stereocenters. The van der Waals surface area contributed by atoms with Gasteiger partial charge in [0.25, 0.3) is 0 Å². The van der Waals surface area contributed by atoms with E-state index in [9.17, 15) is 5.11 Å². The number of aromatic hydroxyl groups is 1. The molecule has 1 aromatic carbocycles. The second-order valence-corrected chi connectivity index (χ2v) is 11.7. The molecular weight excluding hydrogens is 416 g/mol. The molecule has 0 aliphatic rings. The molecule has 2 rings (SSSR count). The number of nitrogens with zero attached hydrogens (tertiary/aromatic N) is 3. The van der Waals surface area contributed by atoms with Crippen molar-refractivity contribution in [3.63, 3.8) is 0 Å². The number of benzene rings is 1. The van der Waals surface area contributed by atoms with Gasteiger partial charge in [0.1, 0.15) is 11.6 Å². The van der Waals surface area contributed by atoms with Crippen molar-refractivity contribution in [3.05, 3.63) is 29.1 Å². The zero-order valence-corrected chi connectivity index (χ0v) is 22.1. The van der Waals surface area contributed by atoms with Gasteiger partial charge in [0.15, 0.2) is 5.16 Å². The Balaban J connectivity index is 2.18. The largest absolute Gasteiger partial charge is 0.507 e. The van der Waals surface area contributed by atoms with Crippen LogP contribution in [-0.2, 0) is 10.8 Å². The van der Waals surface area contributed by atoms with Crippen molar-refractivity contribution in [1.82, 2.24) is 15.0 Å². The molecule has 0 saturated carbocycles. The second kappa shape index (κ2) is 11.4. The zero-order valence-electron chi connectivity index (χ0n) is 21.3. The molecule has 0 bridgehead atoms. The van der Waals surface area contributed by atoms with E-state index in [1.54, 1.807) is 11.8 Å². The van der Waals surface area contributed by atoms with Crippen LogP contribution in [0, 0.1) is 6.92 Å². The fourth-order valence-electron chi connectivity index (χ4n) is 3.60. The predicted molar refractivity (Wildman–Crippen MR) is 137 cm³/mol. The molecule has 0 atom stereocenters. The Morgan fingerprint density at radius 1 is 0.844 bits per heavy atom. The van der Waals surface area contributed by atoms with Gasteiger partial charge in [0, 0.05) is 22.6 Å². The lowest BCUT2D eigenvalue weighted by Gasteiger charge is -2.28. The molecule has 0 radical (unpaired) electrons. The van der Waals surface area contributed by atoms with Gasteiger partial charge in [0.2, 0.25) is 5.95 Å². The molecule has 0 saturated heterocycles. The maximum Gasteiger partial charge on any atom is 0.231 e. The topological polar surface area (TPSA) is 70.9 Å².